The van der Waals surface area contributed by atoms with Gasteiger partial charge in [-0.3, -0.25) is 0 Å². The van der Waals surface area contributed by atoms with Crippen molar-refractivity contribution < 1.29 is 4.43 Å². The average Bonchev–Trinajstić information content (AvgIpc) is 2.97. The third kappa shape index (κ3) is 6.35. The van der Waals surface area contributed by atoms with Gasteiger partial charge in [-0.05, 0) is 125 Å². The van der Waals surface area contributed by atoms with Crippen LogP contribution in [-0.2, 0) is 4.43 Å². The molecule has 0 aliphatic heterocycles. The molecular formula is C38H42N2OSi. The number of rotatable bonds is 9. The number of aryl methyl sites for hydroxylation is 4. The van der Waals surface area contributed by atoms with E-state index in [0.717, 1.165) is 40.7 Å². The van der Waals surface area contributed by atoms with E-state index in [2.05, 4.69) is 173 Å². The third-order valence-corrected chi connectivity index (χ3v) is 10.6. The Kier molecular flexibility index (Phi) is 8.67. The van der Waals surface area contributed by atoms with Gasteiger partial charge in [0.25, 0.3) is 0 Å². The van der Waals surface area contributed by atoms with Crippen molar-refractivity contribution in [2.75, 3.05) is 16.4 Å². The summed E-state index contributed by atoms with van der Waals surface area (Å²) in [6, 6.07) is 42.1. The van der Waals surface area contributed by atoms with Gasteiger partial charge in [-0.15, -0.1) is 0 Å². The molecular weight excluding hydrogens is 529 g/mol. The van der Waals surface area contributed by atoms with Gasteiger partial charge in [-0.2, -0.15) is 0 Å². The highest BCUT2D eigenvalue weighted by atomic mass is 28.4. The molecule has 0 aliphatic rings. The highest BCUT2D eigenvalue weighted by Crippen LogP contribution is 2.41. The zero-order chi connectivity index (χ0) is 29.9. The standard InChI is InChI=1S/C38H42N2OSi/c1-8-41-42(6,7)37-24-21-35(22-25-37)40(34-19-13-30(4)14-20-34)38-26-23-36(27-31(38)5)39(32-15-9-28(2)10-16-32)33-17-11-29(3)12-18-33/h9-27H,8H2,1-7H3. The van der Waals surface area contributed by atoms with Gasteiger partial charge >= 0.3 is 0 Å². The molecule has 0 heterocycles. The first-order chi connectivity index (χ1) is 20.2. The minimum atomic E-state index is -1.93. The second-order valence-electron chi connectivity index (χ2n) is 11.6. The van der Waals surface area contributed by atoms with Gasteiger partial charge in [0.05, 0.1) is 0 Å². The molecule has 0 amide bonds. The van der Waals surface area contributed by atoms with Crippen LogP contribution in [0.2, 0.25) is 13.1 Å². The fourth-order valence-electron chi connectivity index (χ4n) is 5.44. The van der Waals surface area contributed by atoms with Crippen molar-refractivity contribution in [2.24, 2.45) is 0 Å². The molecule has 0 atom stereocenters. The summed E-state index contributed by atoms with van der Waals surface area (Å²) in [5, 5.41) is 1.30. The number of nitrogens with zero attached hydrogens (tertiary/aromatic N) is 2. The molecule has 0 radical (unpaired) electrons. The lowest BCUT2D eigenvalue weighted by molar-refractivity contribution is 0.339. The van der Waals surface area contributed by atoms with Crippen molar-refractivity contribution in [1.82, 2.24) is 0 Å². The van der Waals surface area contributed by atoms with Gasteiger partial charge < -0.3 is 14.2 Å². The Hall–Kier alpha value is -4.12. The second kappa shape index (κ2) is 12.4. The molecule has 214 valence electrons. The first kappa shape index (κ1) is 29.4. The van der Waals surface area contributed by atoms with Crippen LogP contribution in [0, 0.1) is 27.7 Å². The Morgan fingerprint density at radius 1 is 0.500 bits per heavy atom. The van der Waals surface area contributed by atoms with Gasteiger partial charge in [0.2, 0.25) is 8.32 Å². The molecule has 42 heavy (non-hydrogen) atoms. The topological polar surface area (TPSA) is 15.7 Å². The normalized spacial score (nSPS) is 11.4. The van der Waals surface area contributed by atoms with E-state index in [1.54, 1.807) is 0 Å². The van der Waals surface area contributed by atoms with E-state index in [0.29, 0.717) is 0 Å². The van der Waals surface area contributed by atoms with Crippen molar-refractivity contribution >= 4 is 47.6 Å². The fourth-order valence-corrected chi connectivity index (χ4v) is 7.30. The predicted octanol–water partition coefficient (Wildman–Crippen LogP) is 10.3. The zero-order valence-corrected chi connectivity index (χ0v) is 27.0. The summed E-state index contributed by atoms with van der Waals surface area (Å²) < 4.78 is 6.16. The minimum Gasteiger partial charge on any atom is -0.413 e. The fraction of sp³-hybridized carbons (Fsp3) is 0.211. The maximum atomic E-state index is 6.16. The van der Waals surface area contributed by atoms with Crippen LogP contribution in [0.15, 0.2) is 115 Å². The van der Waals surface area contributed by atoms with Crippen LogP contribution in [0.1, 0.15) is 29.2 Å². The molecule has 0 N–H and O–H groups in total. The number of hydrogen-bond donors (Lipinski definition) is 0. The Bertz CT molecular complexity index is 1580. The smallest absolute Gasteiger partial charge is 0.218 e. The number of benzene rings is 5. The van der Waals surface area contributed by atoms with E-state index in [1.807, 2.05) is 0 Å². The van der Waals surface area contributed by atoms with Crippen LogP contribution in [-0.4, -0.2) is 14.9 Å². The predicted molar refractivity (Wildman–Crippen MR) is 183 cm³/mol. The molecule has 5 aromatic rings. The Labute approximate surface area is 253 Å². The molecule has 0 fully saturated rings. The van der Waals surface area contributed by atoms with Crippen LogP contribution in [0.3, 0.4) is 0 Å². The summed E-state index contributed by atoms with van der Waals surface area (Å²) in [5.74, 6) is 0. The van der Waals surface area contributed by atoms with Gasteiger partial charge in [0, 0.05) is 40.7 Å². The summed E-state index contributed by atoms with van der Waals surface area (Å²) in [6.45, 7) is 15.9. The largest absolute Gasteiger partial charge is 0.413 e. The lowest BCUT2D eigenvalue weighted by Crippen LogP contribution is -2.44. The van der Waals surface area contributed by atoms with E-state index in [-0.39, 0.29) is 0 Å². The number of hydrogen-bond acceptors (Lipinski definition) is 3. The van der Waals surface area contributed by atoms with Crippen molar-refractivity contribution in [3.05, 3.63) is 138 Å². The van der Waals surface area contributed by atoms with E-state index in [9.17, 15) is 0 Å². The van der Waals surface area contributed by atoms with Crippen LogP contribution in [0.25, 0.3) is 0 Å². The van der Waals surface area contributed by atoms with Gasteiger partial charge in [-0.1, -0.05) is 65.2 Å². The minimum absolute atomic E-state index is 0.740. The molecule has 3 nitrogen and oxygen atoms in total. The quantitative estimate of drug-likeness (QED) is 0.164. The molecule has 0 aromatic heterocycles. The molecule has 0 unspecified atom stereocenters. The summed E-state index contributed by atoms with van der Waals surface area (Å²) in [6.07, 6.45) is 0. The van der Waals surface area contributed by atoms with Crippen LogP contribution >= 0.6 is 0 Å². The average molecular weight is 571 g/mol. The Morgan fingerprint density at radius 3 is 1.29 bits per heavy atom. The Morgan fingerprint density at radius 2 is 0.881 bits per heavy atom. The summed E-state index contributed by atoms with van der Waals surface area (Å²) in [7, 11) is -1.93. The molecule has 0 spiro atoms. The van der Waals surface area contributed by atoms with Crippen molar-refractivity contribution in [2.45, 2.75) is 47.7 Å². The van der Waals surface area contributed by atoms with Crippen molar-refractivity contribution in [3.8, 4) is 0 Å². The Balaban J connectivity index is 1.60. The summed E-state index contributed by atoms with van der Waals surface area (Å²) in [4.78, 5) is 4.70. The monoisotopic (exact) mass is 570 g/mol. The maximum Gasteiger partial charge on any atom is 0.218 e. The summed E-state index contributed by atoms with van der Waals surface area (Å²) in [5.41, 5.74) is 11.8. The first-order valence-electron chi connectivity index (χ1n) is 14.8. The summed E-state index contributed by atoms with van der Waals surface area (Å²) >= 11 is 0. The van der Waals surface area contributed by atoms with E-state index < -0.39 is 8.32 Å². The molecule has 0 saturated heterocycles. The molecule has 5 aromatic carbocycles. The van der Waals surface area contributed by atoms with Crippen LogP contribution in [0.5, 0.6) is 0 Å². The van der Waals surface area contributed by atoms with Gasteiger partial charge in [0.15, 0.2) is 0 Å². The number of anilines is 6. The lowest BCUT2D eigenvalue weighted by Gasteiger charge is -2.30. The van der Waals surface area contributed by atoms with Gasteiger partial charge in [0.1, 0.15) is 0 Å². The van der Waals surface area contributed by atoms with Crippen molar-refractivity contribution in [3.63, 3.8) is 0 Å². The van der Waals surface area contributed by atoms with Crippen LogP contribution in [0.4, 0.5) is 34.1 Å². The van der Waals surface area contributed by atoms with E-state index in [4.69, 9.17) is 4.43 Å². The molecule has 0 aliphatic carbocycles. The highest BCUT2D eigenvalue weighted by molar-refractivity contribution is 6.84. The molecule has 5 rings (SSSR count). The lowest BCUT2D eigenvalue weighted by atomic mass is 10.1. The van der Waals surface area contributed by atoms with E-state index >= 15 is 0 Å². The highest BCUT2D eigenvalue weighted by Gasteiger charge is 2.25. The maximum absolute atomic E-state index is 6.16. The first-order valence-corrected chi connectivity index (χ1v) is 17.7. The molecule has 4 heteroatoms. The van der Waals surface area contributed by atoms with Crippen molar-refractivity contribution in [1.29, 1.82) is 0 Å². The van der Waals surface area contributed by atoms with Crippen LogP contribution < -0.4 is 15.0 Å². The third-order valence-electron chi connectivity index (χ3n) is 7.88. The second-order valence-corrected chi connectivity index (χ2v) is 15.5. The van der Waals surface area contributed by atoms with E-state index in [1.165, 1.54) is 27.4 Å². The molecule has 0 saturated carbocycles. The SMILES string of the molecule is CCO[Si](C)(C)c1ccc(N(c2ccc(C)cc2)c2ccc(N(c3ccc(C)cc3)c3ccc(C)cc3)cc2C)cc1. The zero-order valence-electron chi connectivity index (χ0n) is 26.0. The van der Waals surface area contributed by atoms with Gasteiger partial charge in [-0.25, -0.2) is 0 Å². The molecule has 0 bridgehead atoms.